The van der Waals surface area contributed by atoms with E-state index in [0.717, 1.165) is 5.01 Å². The van der Waals surface area contributed by atoms with Crippen molar-refractivity contribution in [3.63, 3.8) is 0 Å². The third-order valence-corrected chi connectivity index (χ3v) is 4.29. The van der Waals surface area contributed by atoms with Crippen LogP contribution >= 0.6 is 0 Å². The van der Waals surface area contributed by atoms with Crippen LogP contribution in [0.4, 0.5) is 5.82 Å². The van der Waals surface area contributed by atoms with Crippen LogP contribution < -0.4 is 11.2 Å². The number of nitrogens with zero attached hydrogens (tertiary/aromatic N) is 3. The lowest BCUT2D eigenvalue weighted by molar-refractivity contribution is -0.214. The lowest BCUT2D eigenvalue weighted by atomic mass is 10.1. The molecule has 0 radical (unpaired) electrons. The molecule has 0 spiro atoms. The zero-order valence-electron chi connectivity index (χ0n) is 18.8. The number of nitrogens with two attached hydrogens (primary N) is 1. The Kier molecular flexibility index (Phi) is 9.26. The van der Waals surface area contributed by atoms with Crippen molar-refractivity contribution in [3.8, 4) is 0 Å². The Morgan fingerprint density at radius 2 is 1.81 bits per heavy atom. The lowest BCUT2D eigenvalue weighted by Gasteiger charge is -2.27. The molecule has 0 aliphatic heterocycles. The Balaban J connectivity index is 2.11. The summed E-state index contributed by atoms with van der Waals surface area (Å²) in [5.74, 6) is 4.14. The number of ether oxygens (including phenoxy) is 2. The van der Waals surface area contributed by atoms with Crippen LogP contribution in [0.1, 0.15) is 32.0 Å². The van der Waals surface area contributed by atoms with E-state index in [2.05, 4.69) is 15.5 Å². The molecule has 0 saturated heterocycles. The molecular formula is C22H30N6O4. The van der Waals surface area contributed by atoms with E-state index in [1.807, 2.05) is 30.3 Å². The average molecular weight is 443 g/mol. The van der Waals surface area contributed by atoms with Gasteiger partial charge in [0.05, 0.1) is 5.69 Å². The van der Waals surface area contributed by atoms with Crippen molar-refractivity contribution in [3.05, 3.63) is 59.8 Å². The maximum absolute atomic E-state index is 12.6. The molecule has 10 heteroatoms. The smallest absolute Gasteiger partial charge is 0.285 e. The summed E-state index contributed by atoms with van der Waals surface area (Å²) in [6.45, 7) is 5.79. The quantitative estimate of drug-likeness (QED) is 0.160. The Morgan fingerprint density at radius 1 is 1.16 bits per heavy atom. The number of amidine groups is 1. The first-order valence-corrected chi connectivity index (χ1v) is 10.2. The molecule has 0 saturated carbocycles. The molecule has 0 bridgehead atoms. The molecule has 0 atom stereocenters. The number of carbonyl (C=O) groups is 1. The van der Waals surface area contributed by atoms with Crippen LogP contribution in [0.15, 0.2) is 53.7 Å². The molecule has 0 fully saturated rings. The number of nitrogens with one attached hydrogen (secondary N) is 2. The second-order valence-electron chi connectivity index (χ2n) is 6.82. The van der Waals surface area contributed by atoms with Crippen molar-refractivity contribution in [2.24, 2.45) is 11.0 Å². The number of hydrogen-bond acceptors (Lipinski definition) is 8. The van der Waals surface area contributed by atoms with Gasteiger partial charge in [-0.2, -0.15) is 0 Å². The van der Waals surface area contributed by atoms with Crippen molar-refractivity contribution in [2.75, 3.05) is 25.6 Å². The Bertz CT molecular complexity index is 927. The first-order chi connectivity index (χ1) is 15.3. The number of carbonyl (C=O) groups excluding carboxylic acids is 1. The van der Waals surface area contributed by atoms with Gasteiger partial charge < -0.3 is 19.6 Å². The van der Waals surface area contributed by atoms with Gasteiger partial charge in [-0.25, -0.2) is 10.8 Å². The highest BCUT2D eigenvalue weighted by Crippen LogP contribution is 2.16. The normalized spacial score (nSPS) is 11.7. The van der Waals surface area contributed by atoms with E-state index in [0.29, 0.717) is 30.3 Å². The minimum absolute atomic E-state index is 0.00342. The van der Waals surface area contributed by atoms with Crippen LogP contribution in [0.5, 0.6) is 0 Å². The second kappa shape index (κ2) is 11.9. The Morgan fingerprint density at radius 3 is 2.41 bits per heavy atom. The number of likely N-dealkylation sites (N-methyl/N-ethyl adjacent to an activating group) is 1. The summed E-state index contributed by atoms with van der Waals surface area (Å²) < 4.78 is 10.9. The van der Waals surface area contributed by atoms with Crippen molar-refractivity contribution in [2.45, 2.75) is 33.2 Å². The van der Waals surface area contributed by atoms with Gasteiger partial charge in [-0.1, -0.05) is 41.6 Å². The van der Waals surface area contributed by atoms with Gasteiger partial charge in [-0.05, 0) is 32.9 Å². The number of hydrogen-bond donors (Lipinski definition) is 3. The van der Waals surface area contributed by atoms with Crippen LogP contribution in [0.25, 0.3) is 0 Å². The number of rotatable bonds is 11. The highest BCUT2D eigenvalue weighted by Gasteiger charge is 2.35. The van der Waals surface area contributed by atoms with Gasteiger partial charge in [0.25, 0.3) is 5.91 Å². The first-order valence-electron chi connectivity index (χ1n) is 10.2. The highest BCUT2D eigenvalue weighted by atomic mass is 16.7. The van der Waals surface area contributed by atoms with E-state index < -0.39 is 11.7 Å². The summed E-state index contributed by atoms with van der Waals surface area (Å²) in [7, 11) is 1.55. The standard InChI is InChI=1S/C22H30N6O4/c1-5-30-22(3,31-6-2)21(29)26-18-14-10-13-17(25-18)15-32-27-19(20(23)28(4)24)16-11-8-7-9-12-16/h7-14,23H,5-6,15,24H2,1-4H3,(H,25,26,29)/b23-20?,27-19-. The molecule has 10 nitrogen and oxygen atoms in total. The van der Waals surface area contributed by atoms with Crippen molar-refractivity contribution >= 4 is 23.3 Å². The van der Waals surface area contributed by atoms with E-state index in [1.54, 1.807) is 46.0 Å². The molecule has 1 heterocycles. The molecular weight excluding hydrogens is 412 g/mol. The highest BCUT2D eigenvalue weighted by molar-refractivity contribution is 6.46. The second-order valence-corrected chi connectivity index (χ2v) is 6.82. The predicted octanol–water partition coefficient (Wildman–Crippen LogP) is 2.51. The number of anilines is 1. The number of benzene rings is 1. The van der Waals surface area contributed by atoms with Gasteiger partial charge in [0.1, 0.15) is 5.82 Å². The van der Waals surface area contributed by atoms with E-state index in [-0.39, 0.29) is 18.2 Å². The topological polar surface area (TPSA) is 135 Å². The van der Waals surface area contributed by atoms with Crippen LogP contribution in [0.2, 0.25) is 0 Å². The zero-order chi connectivity index (χ0) is 23.6. The van der Waals surface area contributed by atoms with Crippen LogP contribution in [-0.4, -0.2) is 53.5 Å². The molecule has 4 N–H and O–H groups in total. The summed E-state index contributed by atoms with van der Waals surface area (Å²) in [4.78, 5) is 22.5. The minimum Gasteiger partial charge on any atom is -0.389 e. The number of aromatic nitrogens is 1. The monoisotopic (exact) mass is 442 g/mol. The van der Waals surface area contributed by atoms with Crippen molar-refractivity contribution in [1.82, 2.24) is 9.99 Å². The van der Waals surface area contributed by atoms with E-state index in [4.69, 9.17) is 25.6 Å². The van der Waals surface area contributed by atoms with Gasteiger partial charge in [0.15, 0.2) is 18.2 Å². The van der Waals surface area contributed by atoms with Gasteiger partial charge in [0.2, 0.25) is 5.79 Å². The number of hydrazine groups is 1. The molecule has 0 unspecified atom stereocenters. The lowest BCUT2D eigenvalue weighted by Crippen LogP contribution is -2.45. The molecule has 172 valence electrons. The molecule has 0 aliphatic rings. The Hall–Kier alpha value is -3.34. The van der Waals surface area contributed by atoms with Gasteiger partial charge in [-0.15, -0.1) is 0 Å². The van der Waals surface area contributed by atoms with Crippen molar-refractivity contribution in [1.29, 1.82) is 5.41 Å². The van der Waals surface area contributed by atoms with E-state index >= 15 is 0 Å². The van der Waals surface area contributed by atoms with E-state index in [1.165, 1.54) is 0 Å². The largest absolute Gasteiger partial charge is 0.389 e. The minimum atomic E-state index is -1.42. The summed E-state index contributed by atoms with van der Waals surface area (Å²) in [5, 5.41) is 16.1. The third-order valence-electron chi connectivity index (χ3n) is 4.29. The summed E-state index contributed by atoms with van der Waals surface area (Å²) in [6, 6.07) is 14.3. The predicted molar refractivity (Wildman–Crippen MR) is 122 cm³/mol. The van der Waals surface area contributed by atoms with E-state index in [9.17, 15) is 4.79 Å². The number of oxime groups is 1. The van der Waals surface area contributed by atoms with Crippen molar-refractivity contribution < 1.29 is 19.1 Å². The molecule has 1 aromatic heterocycles. The maximum Gasteiger partial charge on any atom is 0.285 e. The fourth-order valence-electron chi connectivity index (χ4n) is 2.74. The Labute approximate surface area is 187 Å². The summed E-state index contributed by atoms with van der Waals surface area (Å²) in [5.41, 5.74) is 1.50. The average Bonchev–Trinajstić information content (AvgIpc) is 2.77. The molecule has 1 amide bonds. The summed E-state index contributed by atoms with van der Waals surface area (Å²) in [6.07, 6.45) is 0. The zero-order valence-corrected chi connectivity index (χ0v) is 18.8. The SMILES string of the molecule is CCOC(C)(OCC)C(=O)Nc1cccc(CO/N=C(\C(=N)N(C)N)c2ccccc2)n1. The molecule has 2 rings (SSSR count). The molecule has 2 aromatic rings. The van der Waals surface area contributed by atoms with Crippen LogP contribution in [0.3, 0.4) is 0 Å². The molecule has 0 aliphatic carbocycles. The molecule has 1 aromatic carbocycles. The number of amides is 1. The van der Waals surface area contributed by atoms with Crippen LogP contribution in [-0.2, 0) is 25.7 Å². The molecule has 32 heavy (non-hydrogen) atoms. The number of pyridine rings is 1. The summed E-state index contributed by atoms with van der Waals surface area (Å²) >= 11 is 0. The van der Waals surface area contributed by atoms with Gasteiger partial charge in [0, 0.05) is 25.8 Å². The van der Waals surface area contributed by atoms with Gasteiger partial charge >= 0.3 is 0 Å². The first kappa shape index (κ1) is 24.9. The van der Waals surface area contributed by atoms with Crippen LogP contribution in [0, 0.1) is 5.41 Å². The fourth-order valence-corrected chi connectivity index (χ4v) is 2.74. The third kappa shape index (κ3) is 6.84. The maximum atomic E-state index is 12.6. The fraction of sp³-hybridized carbons (Fsp3) is 0.364. The van der Waals surface area contributed by atoms with Gasteiger partial charge in [-0.3, -0.25) is 15.2 Å².